The van der Waals surface area contributed by atoms with Gasteiger partial charge in [-0.2, -0.15) is 0 Å². The van der Waals surface area contributed by atoms with Crippen LogP contribution in [0.2, 0.25) is 10.0 Å². The molecule has 7 heteroatoms. The van der Waals surface area contributed by atoms with E-state index in [1.54, 1.807) is 30.3 Å². The van der Waals surface area contributed by atoms with Gasteiger partial charge in [-0.05, 0) is 35.2 Å². The van der Waals surface area contributed by atoms with Crippen molar-refractivity contribution in [3.8, 4) is 5.75 Å². The van der Waals surface area contributed by atoms with E-state index in [2.05, 4.69) is 4.72 Å². The number of halogens is 2. The van der Waals surface area contributed by atoms with Gasteiger partial charge in [-0.15, -0.1) is 0 Å². The van der Waals surface area contributed by atoms with Crippen LogP contribution in [0.3, 0.4) is 0 Å². The topological polar surface area (TPSA) is 55.4 Å². The molecule has 0 aliphatic carbocycles. The van der Waals surface area contributed by atoms with Gasteiger partial charge < -0.3 is 4.74 Å². The molecule has 1 N–H and O–H groups in total. The predicted octanol–water partition coefficient (Wildman–Crippen LogP) is 5.10. The number of hydrogen-bond donors (Lipinski definition) is 1. The quantitative estimate of drug-likeness (QED) is 0.793. The maximum Gasteiger partial charge on any atom is 0.265 e. The lowest BCUT2D eigenvalue weighted by molar-refractivity contribution is 0.402. The highest BCUT2D eigenvalue weighted by Crippen LogP contribution is 2.34. The monoisotopic (exact) mass is 387 g/mol. The zero-order chi connectivity index (χ0) is 18.1. The molecular formula is C17H19Cl2NO3S. The van der Waals surface area contributed by atoms with Crippen molar-refractivity contribution in [3.05, 3.63) is 52.0 Å². The molecule has 2 rings (SSSR count). The van der Waals surface area contributed by atoms with Gasteiger partial charge in [-0.25, -0.2) is 8.42 Å². The Hall–Kier alpha value is -1.43. The van der Waals surface area contributed by atoms with E-state index >= 15 is 0 Å². The fourth-order valence-electron chi connectivity index (χ4n) is 2.14. The van der Waals surface area contributed by atoms with E-state index in [1.807, 2.05) is 26.8 Å². The summed E-state index contributed by atoms with van der Waals surface area (Å²) in [6.07, 6.45) is 0. The van der Waals surface area contributed by atoms with E-state index in [0.29, 0.717) is 0 Å². The van der Waals surface area contributed by atoms with Gasteiger partial charge in [0.1, 0.15) is 10.6 Å². The number of benzene rings is 2. The Morgan fingerprint density at radius 1 is 1.08 bits per heavy atom. The lowest BCUT2D eigenvalue weighted by atomic mass is 9.87. The average Bonchev–Trinajstić information content (AvgIpc) is 2.50. The molecule has 130 valence electrons. The fraction of sp³-hybridized carbons (Fsp3) is 0.294. The standard InChI is InChI=1S/C17H19Cl2NO3S/c1-17(2,3)11-8-9-14(23-4)15(10-11)24(21,22)20-13-7-5-6-12(18)16(13)19/h5-10,20H,1-4H3. The second-order valence-electron chi connectivity index (χ2n) is 6.32. The SMILES string of the molecule is COc1ccc(C(C)(C)C)cc1S(=O)(=O)Nc1cccc(Cl)c1Cl. The summed E-state index contributed by atoms with van der Waals surface area (Å²) >= 11 is 12.0. The Morgan fingerprint density at radius 2 is 1.75 bits per heavy atom. The van der Waals surface area contributed by atoms with Crippen LogP contribution < -0.4 is 9.46 Å². The number of rotatable bonds is 4. The molecule has 0 radical (unpaired) electrons. The summed E-state index contributed by atoms with van der Waals surface area (Å²) in [5, 5.41) is 0.418. The van der Waals surface area contributed by atoms with E-state index < -0.39 is 10.0 Å². The molecule has 0 aromatic heterocycles. The number of nitrogens with one attached hydrogen (secondary N) is 1. The van der Waals surface area contributed by atoms with Crippen molar-refractivity contribution in [1.29, 1.82) is 0 Å². The van der Waals surface area contributed by atoms with Crippen LogP contribution in [-0.4, -0.2) is 15.5 Å². The smallest absolute Gasteiger partial charge is 0.265 e. The van der Waals surface area contributed by atoms with Gasteiger partial charge in [0.2, 0.25) is 0 Å². The Kier molecular flexibility index (Phi) is 5.37. The van der Waals surface area contributed by atoms with E-state index in [9.17, 15) is 8.42 Å². The maximum atomic E-state index is 12.8. The summed E-state index contributed by atoms with van der Waals surface area (Å²) in [6, 6.07) is 9.86. The Balaban J connectivity index is 2.54. The van der Waals surface area contributed by atoms with Gasteiger partial charge in [0.15, 0.2) is 0 Å². The minimum absolute atomic E-state index is 0.0495. The van der Waals surface area contributed by atoms with Crippen molar-refractivity contribution in [1.82, 2.24) is 0 Å². The first-order valence-corrected chi connectivity index (χ1v) is 9.45. The number of sulfonamides is 1. The molecule has 0 aliphatic heterocycles. The summed E-state index contributed by atoms with van der Waals surface area (Å²) in [5.74, 6) is 0.258. The van der Waals surface area contributed by atoms with Crippen LogP contribution in [0, 0.1) is 0 Å². The van der Waals surface area contributed by atoms with Crippen molar-refractivity contribution in [2.75, 3.05) is 11.8 Å². The largest absolute Gasteiger partial charge is 0.495 e. The zero-order valence-corrected chi connectivity index (χ0v) is 16.2. The molecule has 0 saturated carbocycles. The molecule has 0 bridgehead atoms. The molecule has 24 heavy (non-hydrogen) atoms. The first-order valence-electron chi connectivity index (χ1n) is 7.21. The minimum atomic E-state index is -3.90. The van der Waals surface area contributed by atoms with Crippen LogP contribution in [0.1, 0.15) is 26.3 Å². The van der Waals surface area contributed by atoms with Crippen molar-refractivity contribution in [2.24, 2.45) is 0 Å². The normalized spacial score (nSPS) is 12.1. The molecule has 2 aromatic carbocycles. The number of hydrogen-bond acceptors (Lipinski definition) is 3. The van der Waals surface area contributed by atoms with Crippen LogP contribution in [0.4, 0.5) is 5.69 Å². The second-order valence-corrected chi connectivity index (χ2v) is 8.76. The molecule has 0 aliphatic rings. The molecular weight excluding hydrogens is 369 g/mol. The summed E-state index contributed by atoms with van der Waals surface area (Å²) in [5.41, 5.74) is 0.887. The molecule has 0 amide bonds. The Bertz CT molecular complexity index is 859. The van der Waals surface area contributed by atoms with Crippen molar-refractivity contribution < 1.29 is 13.2 Å². The van der Waals surface area contributed by atoms with Gasteiger partial charge in [0.05, 0.1) is 22.8 Å². The van der Waals surface area contributed by atoms with Crippen LogP contribution in [0.15, 0.2) is 41.3 Å². The molecule has 2 aromatic rings. The van der Waals surface area contributed by atoms with Crippen LogP contribution >= 0.6 is 23.2 Å². The summed E-state index contributed by atoms with van der Waals surface area (Å²) in [7, 11) is -2.47. The molecule has 0 heterocycles. The third-order valence-corrected chi connectivity index (χ3v) is 5.72. The number of methoxy groups -OCH3 is 1. The minimum Gasteiger partial charge on any atom is -0.495 e. The predicted molar refractivity (Wildman–Crippen MR) is 99.0 cm³/mol. The summed E-state index contributed by atoms with van der Waals surface area (Å²) in [4.78, 5) is 0.0495. The third-order valence-electron chi connectivity index (χ3n) is 3.52. The lowest BCUT2D eigenvalue weighted by Crippen LogP contribution is -2.17. The van der Waals surface area contributed by atoms with Gasteiger partial charge in [0.25, 0.3) is 10.0 Å². The van der Waals surface area contributed by atoms with Crippen LogP contribution in [-0.2, 0) is 15.4 Å². The summed E-state index contributed by atoms with van der Waals surface area (Å²) < 4.78 is 33.3. The molecule has 4 nitrogen and oxygen atoms in total. The van der Waals surface area contributed by atoms with Crippen molar-refractivity contribution in [2.45, 2.75) is 31.1 Å². The molecule has 0 unspecified atom stereocenters. The first-order chi connectivity index (χ1) is 11.1. The zero-order valence-electron chi connectivity index (χ0n) is 13.9. The van der Waals surface area contributed by atoms with E-state index in [1.165, 1.54) is 7.11 Å². The Labute approximate surface area is 152 Å². The van der Waals surface area contributed by atoms with Gasteiger partial charge in [-0.1, -0.05) is 56.1 Å². The van der Waals surface area contributed by atoms with Gasteiger partial charge in [0, 0.05) is 0 Å². The number of anilines is 1. The molecule has 0 atom stereocenters. The van der Waals surface area contributed by atoms with Gasteiger partial charge in [-0.3, -0.25) is 4.72 Å². The number of ether oxygens (including phenoxy) is 1. The van der Waals surface area contributed by atoms with Crippen molar-refractivity contribution >= 4 is 38.9 Å². The highest BCUT2D eigenvalue weighted by Gasteiger charge is 2.24. The van der Waals surface area contributed by atoms with Crippen molar-refractivity contribution in [3.63, 3.8) is 0 Å². The Morgan fingerprint density at radius 3 is 2.33 bits per heavy atom. The highest BCUT2D eigenvalue weighted by molar-refractivity contribution is 7.92. The lowest BCUT2D eigenvalue weighted by Gasteiger charge is -2.21. The second kappa shape index (κ2) is 6.82. The molecule has 0 saturated heterocycles. The first kappa shape index (κ1) is 18.9. The third kappa shape index (κ3) is 3.97. The highest BCUT2D eigenvalue weighted by atomic mass is 35.5. The van der Waals surface area contributed by atoms with E-state index in [0.717, 1.165) is 5.56 Å². The van der Waals surface area contributed by atoms with Gasteiger partial charge >= 0.3 is 0 Å². The summed E-state index contributed by atoms with van der Waals surface area (Å²) in [6.45, 7) is 6.02. The average molecular weight is 388 g/mol. The maximum absolute atomic E-state index is 12.8. The van der Waals surface area contributed by atoms with Crippen LogP contribution in [0.25, 0.3) is 0 Å². The van der Waals surface area contributed by atoms with Crippen LogP contribution in [0.5, 0.6) is 5.75 Å². The van der Waals surface area contributed by atoms with E-state index in [4.69, 9.17) is 27.9 Å². The molecule has 0 spiro atoms. The fourth-order valence-corrected chi connectivity index (χ4v) is 3.81. The molecule has 0 fully saturated rings. The van der Waals surface area contributed by atoms with E-state index in [-0.39, 0.29) is 31.8 Å².